The summed E-state index contributed by atoms with van der Waals surface area (Å²) in [7, 11) is 0. The standard InChI is InChI=1S/C11H17BrF3NO/c12-6-8-3-1-2-4-9(8)7-16-10(17)5-11(13,14)15/h8-9H,1-7H2,(H,16,17). The summed E-state index contributed by atoms with van der Waals surface area (Å²) >= 11 is 3.41. The van der Waals surface area contributed by atoms with E-state index in [2.05, 4.69) is 21.2 Å². The van der Waals surface area contributed by atoms with Crippen molar-refractivity contribution in [3.63, 3.8) is 0 Å². The van der Waals surface area contributed by atoms with E-state index in [1.807, 2.05) is 0 Å². The summed E-state index contributed by atoms with van der Waals surface area (Å²) in [5, 5.41) is 3.25. The van der Waals surface area contributed by atoms with Crippen LogP contribution in [0.2, 0.25) is 0 Å². The Morgan fingerprint density at radius 2 is 1.82 bits per heavy atom. The second-order valence-corrected chi connectivity index (χ2v) is 5.20. The first-order chi connectivity index (χ1) is 7.92. The monoisotopic (exact) mass is 315 g/mol. The largest absolute Gasteiger partial charge is 0.397 e. The fourth-order valence-corrected chi connectivity index (χ4v) is 3.10. The van der Waals surface area contributed by atoms with Gasteiger partial charge in [0, 0.05) is 11.9 Å². The molecule has 1 fully saturated rings. The van der Waals surface area contributed by atoms with E-state index in [4.69, 9.17) is 0 Å². The number of nitrogens with one attached hydrogen (secondary N) is 1. The minimum absolute atomic E-state index is 0.306. The quantitative estimate of drug-likeness (QED) is 0.793. The number of carbonyl (C=O) groups is 1. The lowest BCUT2D eigenvalue weighted by Gasteiger charge is -2.30. The van der Waals surface area contributed by atoms with Crippen molar-refractivity contribution in [2.75, 3.05) is 11.9 Å². The molecular formula is C11H17BrF3NO. The summed E-state index contributed by atoms with van der Waals surface area (Å²) in [5.41, 5.74) is 0. The van der Waals surface area contributed by atoms with Gasteiger partial charge in [0.25, 0.3) is 0 Å². The molecule has 0 aromatic heterocycles. The van der Waals surface area contributed by atoms with Crippen LogP contribution in [-0.2, 0) is 4.79 Å². The average Bonchev–Trinajstić information content (AvgIpc) is 2.24. The zero-order chi connectivity index (χ0) is 12.9. The number of rotatable bonds is 4. The third-order valence-electron chi connectivity index (χ3n) is 3.19. The van der Waals surface area contributed by atoms with Crippen molar-refractivity contribution in [1.29, 1.82) is 0 Å². The normalized spacial score (nSPS) is 25.6. The van der Waals surface area contributed by atoms with Gasteiger partial charge in [-0.15, -0.1) is 0 Å². The van der Waals surface area contributed by atoms with Crippen molar-refractivity contribution in [3.05, 3.63) is 0 Å². The predicted octanol–water partition coefficient (Wildman–Crippen LogP) is 3.26. The summed E-state index contributed by atoms with van der Waals surface area (Å²) < 4.78 is 35.8. The van der Waals surface area contributed by atoms with Crippen molar-refractivity contribution in [1.82, 2.24) is 5.32 Å². The smallest absolute Gasteiger partial charge is 0.356 e. The molecule has 1 N–H and O–H groups in total. The van der Waals surface area contributed by atoms with E-state index in [1.165, 1.54) is 6.42 Å². The van der Waals surface area contributed by atoms with Gasteiger partial charge >= 0.3 is 6.18 Å². The number of hydrogen-bond acceptors (Lipinski definition) is 1. The molecule has 0 aromatic rings. The van der Waals surface area contributed by atoms with Gasteiger partial charge in [-0.1, -0.05) is 28.8 Å². The number of hydrogen-bond donors (Lipinski definition) is 1. The van der Waals surface area contributed by atoms with Crippen LogP contribution in [-0.4, -0.2) is 24.0 Å². The predicted molar refractivity (Wildman–Crippen MR) is 62.9 cm³/mol. The van der Waals surface area contributed by atoms with Crippen LogP contribution in [0.25, 0.3) is 0 Å². The maximum absolute atomic E-state index is 11.9. The molecule has 2 atom stereocenters. The Morgan fingerprint density at radius 3 is 2.35 bits per heavy atom. The zero-order valence-corrected chi connectivity index (χ0v) is 11.1. The second kappa shape index (κ2) is 6.61. The molecule has 2 nitrogen and oxygen atoms in total. The Bertz CT molecular complexity index is 258. The maximum atomic E-state index is 11.9. The summed E-state index contributed by atoms with van der Waals surface area (Å²) in [6, 6.07) is 0. The molecule has 1 aliphatic rings. The highest BCUT2D eigenvalue weighted by molar-refractivity contribution is 9.09. The second-order valence-electron chi connectivity index (χ2n) is 4.55. The highest BCUT2D eigenvalue weighted by Gasteiger charge is 2.32. The van der Waals surface area contributed by atoms with Crippen LogP contribution in [0.3, 0.4) is 0 Å². The first-order valence-corrected chi connectivity index (χ1v) is 6.94. The van der Waals surface area contributed by atoms with E-state index in [1.54, 1.807) is 0 Å². The minimum atomic E-state index is -4.41. The SMILES string of the molecule is O=C(CC(F)(F)F)NCC1CCCCC1CBr. The van der Waals surface area contributed by atoms with E-state index in [-0.39, 0.29) is 0 Å². The lowest BCUT2D eigenvalue weighted by molar-refractivity contribution is -0.153. The molecule has 0 heterocycles. The average molecular weight is 316 g/mol. The van der Waals surface area contributed by atoms with Gasteiger partial charge in [-0.3, -0.25) is 4.79 Å². The van der Waals surface area contributed by atoms with Crippen LogP contribution in [0.5, 0.6) is 0 Å². The number of amides is 1. The molecule has 100 valence electrons. The third-order valence-corrected chi connectivity index (χ3v) is 4.02. The third kappa shape index (κ3) is 5.75. The number of alkyl halides is 4. The highest BCUT2D eigenvalue weighted by atomic mass is 79.9. The molecule has 0 radical (unpaired) electrons. The molecule has 1 amide bonds. The molecule has 0 saturated heterocycles. The minimum Gasteiger partial charge on any atom is -0.356 e. The van der Waals surface area contributed by atoms with E-state index >= 15 is 0 Å². The zero-order valence-electron chi connectivity index (χ0n) is 9.52. The van der Waals surface area contributed by atoms with Crippen molar-refractivity contribution < 1.29 is 18.0 Å². The van der Waals surface area contributed by atoms with Crippen LogP contribution < -0.4 is 5.32 Å². The lowest BCUT2D eigenvalue weighted by atomic mass is 9.80. The molecule has 0 spiro atoms. The van der Waals surface area contributed by atoms with Crippen molar-refractivity contribution in [2.24, 2.45) is 11.8 Å². The van der Waals surface area contributed by atoms with Crippen LogP contribution in [0, 0.1) is 11.8 Å². The van der Waals surface area contributed by atoms with Crippen molar-refractivity contribution in [3.8, 4) is 0 Å². The maximum Gasteiger partial charge on any atom is 0.397 e. The van der Waals surface area contributed by atoms with E-state index in [0.29, 0.717) is 18.4 Å². The summed E-state index contributed by atoms with van der Waals surface area (Å²) in [6.45, 7) is 0.366. The van der Waals surface area contributed by atoms with Gasteiger partial charge in [-0.2, -0.15) is 13.2 Å². The van der Waals surface area contributed by atoms with Gasteiger partial charge in [0.1, 0.15) is 6.42 Å². The Labute approximate surface area is 107 Å². The van der Waals surface area contributed by atoms with Crippen LogP contribution in [0.4, 0.5) is 13.2 Å². The molecule has 0 aromatic carbocycles. The van der Waals surface area contributed by atoms with Gasteiger partial charge in [-0.05, 0) is 24.7 Å². The number of carbonyl (C=O) groups excluding carboxylic acids is 1. The Balaban J connectivity index is 2.31. The fourth-order valence-electron chi connectivity index (χ4n) is 2.25. The van der Waals surface area contributed by atoms with Gasteiger partial charge in [-0.25, -0.2) is 0 Å². The topological polar surface area (TPSA) is 29.1 Å². The van der Waals surface area contributed by atoms with Crippen molar-refractivity contribution in [2.45, 2.75) is 38.3 Å². The van der Waals surface area contributed by atoms with Gasteiger partial charge in [0.2, 0.25) is 5.91 Å². The first-order valence-electron chi connectivity index (χ1n) is 5.82. The Kier molecular flexibility index (Phi) is 5.76. The summed E-state index contributed by atoms with van der Waals surface area (Å²) in [4.78, 5) is 11.1. The van der Waals surface area contributed by atoms with Gasteiger partial charge in [0.05, 0.1) is 0 Å². The first kappa shape index (κ1) is 14.8. The highest BCUT2D eigenvalue weighted by Crippen LogP contribution is 2.30. The van der Waals surface area contributed by atoms with E-state index in [0.717, 1.165) is 24.6 Å². The molecular weight excluding hydrogens is 299 g/mol. The molecule has 6 heteroatoms. The molecule has 17 heavy (non-hydrogen) atoms. The van der Waals surface area contributed by atoms with E-state index in [9.17, 15) is 18.0 Å². The fraction of sp³-hybridized carbons (Fsp3) is 0.909. The van der Waals surface area contributed by atoms with Gasteiger partial charge in [0.15, 0.2) is 0 Å². The van der Waals surface area contributed by atoms with Crippen LogP contribution >= 0.6 is 15.9 Å². The molecule has 1 rings (SSSR count). The molecule has 0 aliphatic heterocycles. The number of halogens is 4. The summed E-state index contributed by atoms with van der Waals surface area (Å²) in [5.74, 6) is -0.147. The van der Waals surface area contributed by atoms with Crippen molar-refractivity contribution >= 4 is 21.8 Å². The lowest BCUT2D eigenvalue weighted by Crippen LogP contribution is -2.36. The van der Waals surface area contributed by atoms with Crippen LogP contribution in [0.15, 0.2) is 0 Å². The molecule has 1 saturated carbocycles. The summed E-state index contributed by atoms with van der Waals surface area (Å²) in [6.07, 6.45) is -1.44. The van der Waals surface area contributed by atoms with Gasteiger partial charge < -0.3 is 5.32 Å². The van der Waals surface area contributed by atoms with Crippen LogP contribution in [0.1, 0.15) is 32.1 Å². The Morgan fingerprint density at radius 1 is 1.24 bits per heavy atom. The molecule has 2 unspecified atom stereocenters. The molecule has 0 bridgehead atoms. The Hall–Kier alpha value is -0.260. The molecule has 1 aliphatic carbocycles. The van der Waals surface area contributed by atoms with E-state index < -0.39 is 18.5 Å².